The Balaban J connectivity index is 2.19. The molecule has 0 aromatic rings. The van der Waals surface area contributed by atoms with E-state index in [1.807, 2.05) is 0 Å². The number of piperidine rings is 1. The highest BCUT2D eigenvalue weighted by molar-refractivity contribution is 5.07. The Morgan fingerprint density at radius 1 is 1.29 bits per heavy atom. The van der Waals surface area contributed by atoms with Crippen molar-refractivity contribution >= 4 is 0 Å². The quantitative estimate of drug-likeness (QED) is 0.788. The summed E-state index contributed by atoms with van der Waals surface area (Å²) in [6, 6.07) is 1.03. The number of nitrogens with zero attached hydrogens (tertiary/aromatic N) is 1. The van der Waals surface area contributed by atoms with Crippen LogP contribution in [-0.4, -0.2) is 46.5 Å². The van der Waals surface area contributed by atoms with E-state index >= 15 is 0 Å². The molecule has 3 atom stereocenters. The van der Waals surface area contributed by atoms with Crippen molar-refractivity contribution < 1.29 is 10.2 Å². The molecule has 0 radical (unpaired) electrons. The smallest absolute Gasteiger partial charge is 0.0752 e. The summed E-state index contributed by atoms with van der Waals surface area (Å²) in [5.41, 5.74) is -1.00. The number of hydrogen-bond acceptors (Lipinski definition) is 3. The summed E-state index contributed by atoms with van der Waals surface area (Å²) in [7, 11) is 2.18. The molecule has 2 heterocycles. The van der Waals surface area contributed by atoms with Gasteiger partial charge in [0.15, 0.2) is 0 Å². The first-order valence-electron chi connectivity index (χ1n) is 7.01. The third kappa shape index (κ3) is 2.02. The Kier molecular flexibility index (Phi) is 3.54. The molecule has 2 N–H and O–H groups in total. The Bertz CT molecular complexity index is 267. The van der Waals surface area contributed by atoms with Crippen LogP contribution in [0, 0.1) is 5.41 Å². The van der Waals surface area contributed by atoms with Gasteiger partial charge < -0.3 is 15.1 Å². The van der Waals surface area contributed by atoms with Crippen LogP contribution in [0.4, 0.5) is 0 Å². The van der Waals surface area contributed by atoms with E-state index in [-0.39, 0.29) is 12.0 Å². The van der Waals surface area contributed by atoms with E-state index in [1.54, 1.807) is 0 Å². The second kappa shape index (κ2) is 4.52. The molecule has 3 heteroatoms. The van der Waals surface area contributed by atoms with Gasteiger partial charge in [0.05, 0.1) is 12.2 Å². The maximum Gasteiger partial charge on any atom is 0.0752 e. The Morgan fingerprint density at radius 3 is 2.24 bits per heavy atom. The standard InChI is InChI=1S/C14H27NO2/c1-4-7-13(2,10-16)14(17)8-11-5-6-12(9-14)15(11)3/h11-12,16-17H,4-10H2,1-3H3. The van der Waals surface area contributed by atoms with E-state index in [2.05, 4.69) is 25.8 Å². The van der Waals surface area contributed by atoms with Crippen LogP contribution in [0.1, 0.15) is 52.4 Å². The Labute approximate surface area is 105 Å². The Morgan fingerprint density at radius 2 is 1.82 bits per heavy atom. The average Bonchev–Trinajstić information content (AvgIpc) is 2.53. The van der Waals surface area contributed by atoms with Crippen LogP contribution in [0.15, 0.2) is 0 Å². The van der Waals surface area contributed by atoms with Gasteiger partial charge in [-0.2, -0.15) is 0 Å². The number of aliphatic hydroxyl groups is 2. The highest BCUT2D eigenvalue weighted by Crippen LogP contribution is 2.49. The molecular formula is C14H27NO2. The van der Waals surface area contributed by atoms with Crippen LogP contribution in [-0.2, 0) is 0 Å². The SMILES string of the molecule is CCCC(C)(CO)C1(O)CC2CCC(C1)N2C. The van der Waals surface area contributed by atoms with Crippen LogP contribution < -0.4 is 0 Å². The van der Waals surface area contributed by atoms with Gasteiger partial charge in [-0.15, -0.1) is 0 Å². The minimum Gasteiger partial charge on any atom is -0.396 e. The van der Waals surface area contributed by atoms with Crippen LogP contribution in [0.3, 0.4) is 0 Å². The summed E-state index contributed by atoms with van der Waals surface area (Å²) in [5, 5.41) is 20.8. The van der Waals surface area contributed by atoms with E-state index in [1.165, 1.54) is 12.8 Å². The molecule has 0 saturated carbocycles. The molecule has 0 spiro atoms. The fourth-order valence-corrected chi connectivity index (χ4v) is 3.95. The third-order valence-corrected chi connectivity index (χ3v) is 5.41. The predicted molar refractivity (Wildman–Crippen MR) is 68.9 cm³/mol. The van der Waals surface area contributed by atoms with Crippen molar-refractivity contribution in [3.63, 3.8) is 0 Å². The van der Waals surface area contributed by atoms with Crippen LogP contribution in [0.2, 0.25) is 0 Å². The lowest BCUT2D eigenvalue weighted by Gasteiger charge is -2.51. The minimum absolute atomic E-state index is 0.0977. The Hall–Kier alpha value is -0.120. The number of fused-ring (bicyclic) bond motifs is 2. The summed E-state index contributed by atoms with van der Waals surface area (Å²) < 4.78 is 0. The molecular weight excluding hydrogens is 214 g/mol. The van der Waals surface area contributed by atoms with Crippen molar-refractivity contribution in [1.29, 1.82) is 0 Å². The molecule has 0 aliphatic carbocycles. The monoisotopic (exact) mass is 241 g/mol. The van der Waals surface area contributed by atoms with Crippen LogP contribution >= 0.6 is 0 Å². The van der Waals surface area contributed by atoms with Gasteiger partial charge in [0.25, 0.3) is 0 Å². The fraction of sp³-hybridized carbons (Fsp3) is 1.00. The summed E-state index contributed by atoms with van der Waals surface area (Å²) in [6.45, 7) is 4.28. The van der Waals surface area contributed by atoms with E-state index in [9.17, 15) is 10.2 Å². The van der Waals surface area contributed by atoms with Crippen molar-refractivity contribution in [2.75, 3.05) is 13.7 Å². The van der Waals surface area contributed by atoms with Gasteiger partial charge in [0, 0.05) is 17.5 Å². The van der Waals surface area contributed by atoms with Gasteiger partial charge in [0.1, 0.15) is 0 Å². The summed E-state index contributed by atoms with van der Waals surface area (Å²) in [5.74, 6) is 0. The predicted octanol–water partition coefficient (Wildman–Crippen LogP) is 1.77. The molecule has 17 heavy (non-hydrogen) atoms. The van der Waals surface area contributed by atoms with Gasteiger partial charge in [-0.1, -0.05) is 20.3 Å². The lowest BCUT2D eigenvalue weighted by Crippen LogP contribution is -2.58. The molecule has 2 aliphatic rings. The lowest BCUT2D eigenvalue weighted by molar-refractivity contribution is -0.148. The summed E-state index contributed by atoms with van der Waals surface area (Å²) in [4.78, 5) is 2.43. The molecule has 2 rings (SSSR count). The van der Waals surface area contributed by atoms with Gasteiger partial charge in [-0.3, -0.25) is 0 Å². The van der Waals surface area contributed by atoms with Crippen molar-refractivity contribution in [1.82, 2.24) is 4.90 Å². The second-order valence-corrected chi connectivity index (χ2v) is 6.46. The lowest BCUT2D eigenvalue weighted by atomic mass is 9.65. The zero-order valence-electron chi connectivity index (χ0n) is 11.4. The summed E-state index contributed by atoms with van der Waals surface area (Å²) >= 11 is 0. The zero-order valence-corrected chi connectivity index (χ0v) is 11.4. The average molecular weight is 241 g/mol. The molecule has 2 aliphatic heterocycles. The number of rotatable bonds is 4. The van der Waals surface area contributed by atoms with Crippen molar-refractivity contribution in [3.05, 3.63) is 0 Å². The maximum absolute atomic E-state index is 11.0. The highest BCUT2D eigenvalue weighted by Gasteiger charge is 2.54. The zero-order chi connectivity index (χ0) is 12.7. The van der Waals surface area contributed by atoms with Crippen molar-refractivity contribution in [2.24, 2.45) is 5.41 Å². The van der Waals surface area contributed by atoms with Gasteiger partial charge >= 0.3 is 0 Å². The molecule has 0 aromatic carbocycles. The molecule has 2 saturated heterocycles. The third-order valence-electron chi connectivity index (χ3n) is 5.41. The van der Waals surface area contributed by atoms with Crippen LogP contribution in [0.25, 0.3) is 0 Å². The molecule has 3 nitrogen and oxygen atoms in total. The van der Waals surface area contributed by atoms with Crippen LogP contribution in [0.5, 0.6) is 0 Å². The van der Waals surface area contributed by atoms with Crippen molar-refractivity contribution in [2.45, 2.75) is 70.1 Å². The second-order valence-electron chi connectivity index (χ2n) is 6.46. The molecule has 2 bridgehead atoms. The minimum atomic E-state index is -0.671. The molecule has 0 aromatic heterocycles. The molecule has 2 fully saturated rings. The van der Waals surface area contributed by atoms with E-state index < -0.39 is 5.60 Å². The maximum atomic E-state index is 11.0. The first-order valence-corrected chi connectivity index (χ1v) is 7.01. The van der Waals surface area contributed by atoms with E-state index in [0.29, 0.717) is 12.1 Å². The first-order chi connectivity index (χ1) is 7.96. The topological polar surface area (TPSA) is 43.7 Å². The molecule has 100 valence electrons. The fourth-order valence-electron chi connectivity index (χ4n) is 3.95. The number of hydrogen-bond donors (Lipinski definition) is 2. The summed E-state index contributed by atoms with van der Waals surface area (Å²) in [6.07, 6.45) is 6.00. The van der Waals surface area contributed by atoms with E-state index in [4.69, 9.17) is 0 Å². The highest BCUT2D eigenvalue weighted by atomic mass is 16.3. The normalized spacial score (nSPS) is 41.5. The van der Waals surface area contributed by atoms with Gasteiger partial charge in [-0.25, -0.2) is 0 Å². The molecule has 0 amide bonds. The van der Waals surface area contributed by atoms with E-state index in [0.717, 1.165) is 25.7 Å². The van der Waals surface area contributed by atoms with Crippen molar-refractivity contribution in [3.8, 4) is 0 Å². The van der Waals surface area contributed by atoms with Gasteiger partial charge in [-0.05, 0) is 39.2 Å². The first kappa shape index (κ1) is 13.3. The molecule has 3 unspecified atom stereocenters. The largest absolute Gasteiger partial charge is 0.396 e. The number of aliphatic hydroxyl groups excluding tert-OH is 1. The van der Waals surface area contributed by atoms with Gasteiger partial charge in [0.2, 0.25) is 0 Å².